The molecule has 2 N–H and O–H groups in total. The maximum absolute atomic E-state index is 12.9. The molecule has 1 saturated heterocycles. The third-order valence-electron chi connectivity index (χ3n) is 7.10. The van der Waals surface area contributed by atoms with Crippen LogP contribution < -0.4 is 15.1 Å². The van der Waals surface area contributed by atoms with Crippen molar-refractivity contribution >= 4 is 17.4 Å². The van der Waals surface area contributed by atoms with Crippen molar-refractivity contribution in [2.45, 2.75) is 31.8 Å². The Morgan fingerprint density at radius 1 is 1.14 bits per heavy atom. The minimum atomic E-state index is -0.0600. The van der Waals surface area contributed by atoms with Gasteiger partial charge in [-0.25, -0.2) is 4.98 Å². The van der Waals surface area contributed by atoms with Gasteiger partial charge in [-0.1, -0.05) is 16.6 Å². The first-order valence-corrected chi connectivity index (χ1v) is 12.5. The largest absolute Gasteiger partial charge is 0.381 e. The number of rotatable bonds is 6. The van der Waals surface area contributed by atoms with Crippen molar-refractivity contribution in [3.63, 3.8) is 0 Å². The third kappa shape index (κ3) is 4.12. The lowest BCUT2D eigenvalue weighted by Crippen LogP contribution is -2.26. The molecule has 0 aliphatic carbocycles. The van der Waals surface area contributed by atoms with Crippen LogP contribution in [0.4, 0.5) is 11.5 Å². The van der Waals surface area contributed by atoms with Gasteiger partial charge in [-0.05, 0) is 62.2 Å². The zero-order valence-corrected chi connectivity index (χ0v) is 20.7. The second-order valence-electron chi connectivity index (χ2n) is 9.79. The van der Waals surface area contributed by atoms with Crippen LogP contribution in [0.25, 0.3) is 11.3 Å². The van der Waals surface area contributed by atoms with Crippen molar-refractivity contribution < 1.29 is 14.0 Å². The number of hydrogen-bond donors (Lipinski definition) is 2. The Morgan fingerprint density at radius 3 is 2.83 bits per heavy atom. The molecule has 0 bridgehead atoms. The summed E-state index contributed by atoms with van der Waals surface area (Å²) in [4.78, 5) is 20.1. The first kappa shape index (κ1) is 22.7. The molecule has 0 atom stereocenters. The van der Waals surface area contributed by atoms with Crippen LogP contribution in [-0.4, -0.2) is 47.6 Å². The number of fused-ring (bicyclic) bond motifs is 2. The molecule has 1 fully saturated rings. The molecule has 2 aliphatic heterocycles. The van der Waals surface area contributed by atoms with Crippen LogP contribution >= 0.6 is 0 Å². The summed E-state index contributed by atoms with van der Waals surface area (Å²) in [6.45, 7) is 2.87. The van der Waals surface area contributed by atoms with Gasteiger partial charge in [0.1, 0.15) is 11.5 Å². The molecule has 0 radical (unpaired) electrons. The summed E-state index contributed by atoms with van der Waals surface area (Å²) in [5.74, 6) is 1.16. The maximum Gasteiger partial charge on any atom is 0.254 e. The topological polar surface area (TPSA) is 75.0 Å². The molecule has 0 unspecified atom stereocenters. The first-order chi connectivity index (χ1) is 17.6. The molecule has 3 aromatic heterocycles. The molecule has 0 saturated carbocycles. The fourth-order valence-electron chi connectivity index (χ4n) is 5.40. The van der Waals surface area contributed by atoms with Crippen LogP contribution in [0.3, 0.4) is 0 Å². The van der Waals surface area contributed by atoms with Gasteiger partial charge in [0.05, 0.1) is 23.1 Å². The van der Waals surface area contributed by atoms with Crippen LogP contribution in [0.1, 0.15) is 45.9 Å². The molecule has 5 heterocycles. The second kappa shape index (κ2) is 9.37. The SMILES string of the molecule is CN(C)Cc1nc(Nc2ccc(-c3cc[n+]4ccccn34)c3c2C(=O)NC3)ccc1C1CCOCC1. The van der Waals surface area contributed by atoms with E-state index >= 15 is 0 Å². The van der Waals surface area contributed by atoms with E-state index in [1.807, 2.05) is 47.4 Å². The lowest BCUT2D eigenvalue weighted by molar-refractivity contribution is -0.616. The van der Waals surface area contributed by atoms with E-state index in [4.69, 9.17) is 9.72 Å². The third-order valence-corrected chi connectivity index (χ3v) is 7.10. The van der Waals surface area contributed by atoms with Crippen LogP contribution in [0, 0.1) is 0 Å². The summed E-state index contributed by atoms with van der Waals surface area (Å²) in [6, 6.07) is 14.4. The highest BCUT2D eigenvalue weighted by atomic mass is 16.5. The Balaban J connectivity index is 1.37. The number of ether oxygens (including phenoxy) is 1. The van der Waals surface area contributed by atoms with Crippen molar-refractivity contribution in [3.05, 3.63) is 83.4 Å². The number of hydrogen-bond acceptors (Lipinski definition) is 5. The van der Waals surface area contributed by atoms with Crippen molar-refractivity contribution in [2.75, 3.05) is 32.6 Å². The monoisotopic (exact) mass is 483 g/mol. The van der Waals surface area contributed by atoms with Crippen molar-refractivity contribution in [1.82, 2.24) is 19.7 Å². The molecule has 2 aliphatic rings. The number of amides is 1. The average molecular weight is 484 g/mol. The van der Waals surface area contributed by atoms with Gasteiger partial charge in [0.2, 0.25) is 12.4 Å². The predicted molar refractivity (Wildman–Crippen MR) is 137 cm³/mol. The lowest BCUT2D eigenvalue weighted by atomic mass is 9.90. The Bertz CT molecular complexity index is 1440. The number of nitrogens with zero attached hydrogens (tertiary/aromatic N) is 4. The normalized spacial score (nSPS) is 15.9. The lowest BCUT2D eigenvalue weighted by Gasteiger charge is -2.25. The number of pyridine rings is 1. The number of carbonyl (C=O) groups excluding carboxylic acids is 1. The van der Waals surface area contributed by atoms with Crippen LogP contribution in [0.5, 0.6) is 0 Å². The molecule has 4 aromatic rings. The summed E-state index contributed by atoms with van der Waals surface area (Å²) >= 11 is 0. The van der Waals surface area contributed by atoms with Gasteiger partial charge in [0.25, 0.3) is 5.91 Å². The van der Waals surface area contributed by atoms with Crippen molar-refractivity contribution in [3.8, 4) is 11.3 Å². The van der Waals surface area contributed by atoms with Crippen molar-refractivity contribution in [2.24, 2.45) is 0 Å². The van der Waals surface area contributed by atoms with Gasteiger partial charge in [-0.15, -0.1) is 4.52 Å². The highest BCUT2D eigenvalue weighted by Gasteiger charge is 2.28. The Hall–Kier alpha value is -3.75. The van der Waals surface area contributed by atoms with Crippen LogP contribution in [-0.2, 0) is 17.8 Å². The van der Waals surface area contributed by atoms with Gasteiger partial charge in [0, 0.05) is 44.0 Å². The second-order valence-corrected chi connectivity index (χ2v) is 9.79. The summed E-state index contributed by atoms with van der Waals surface area (Å²) in [5, 5.41) is 6.48. The van der Waals surface area contributed by atoms with Crippen LogP contribution in [0.15, 0.2) is 61.1 Å². The van der Waals surface area contributed by atoms with Gasteiger partial charge >= 0.3 is 0 Å². The summed E-state index contributed by atoms with van der Waals surface area (Å²) in [5.41, 5.74) is 6.93. The van der Waals surface area contributed by atoms with E-state index in [0.29, 0.717) is 18.0 Å². The van der Waals surface area contributed by atoms with E-state index in [1.54, 1.807) is 0 Å². The predicted octanol–water partition coefficient (Wildman–Crippen LogP) is 3.53. The van der Waals surface area contributed by atoms with E-state index in [0.717, 1.165) is 66.6 Å². The van der Waals surface area contributed by atoms with Gasteiger partial charge in [-0.3, -0.25) is 4.79 Å². The quantitative estimate of drug-likeness (QED) is 0.411. The molecule has 8 nitrogen and oxygen atoms in total. The molecule has 0 spiro atoms. The molecular weight excluding hydrogens is 452 g/mol. The zero-order chi connectivity index (χ0) is 24.6. The van der Waals surface area contributed by atoms with Gasteiger partial charge in [0.15, 0.2) is 0 Å². The Kier molecular flexibility index (Phi) is 5.91. The summed E-state index contributed by atoms with van der Waals surface area (Å²) in [6.07, 6.45) is 8.10. The number of carbonyl (C=O) groups is 1. The molecular formula is C28H31N6O2+. The smallest absolute Gasteiger partial charge is 0.254 e. The molecule has 184 valence electrons. The summed E-state index contributed by atoms with van der Waals surface area (Å²) < 4.78 is 9.67. The minimum Gasteiger partial charge on any atom is -0.381 e. The molecule has 1 amide bonds. The molecule has 8 heteroatoms. The molecule has 36 heavy (non-hydrogen) atoms. The number of anilines is 2. The minimum absolute atomic E-state index is 0.0600. The van der Waals surface area contributed by atoms with Crippen molar-refractivity contribution in [1.29, 1.82) is 0 Å². The fraction of sp³-hybridized carbons (Fsp3) is 0.321. The molecule has 1 aromatic carbocycles. The first-order valence-electron chi connectivity index (χ1n) is 12.5. The number of nitrogens with one attached hydrogen (secondary N) is 2. The van der Waals surface area contributed by atoms with Gasteiger partial charge < -0.3 is 20.3 Å². The standard InChI is InChI=1S/C28H30N6O2/c1-32(2)18-24-20(19-10-15-36-16-11-19)6-8-26(31-24)30-23-7-5-21(22-17-29-28(35)27(22)23)25-9-14-33-12-3-4-13-34(25)33/h3-9,12-14,19H,10-11,15-18H2,1-2H3,(H,29,35)/p+1. The Morgan fingerprint density at radius 2 is 2.00 bits per heavy atom. The van der Waals surface area contributed by atoms with E-state index in [2.05, 4.69) is 52.3 Å². The number of benzene rings is 1. The zero-order valence-electron chi connectivity index (χ0n) is 20.7. The highest BCUT2D eigenvalue weighted by molar-refractivity contribution is 6.06. The average Bonchev–Trinajstić information content (AvgIpc) is 3.49. The van der Waals surface area contributed by atoms with Crippen LogP contribution in [0.2, 0.25) is 0 Å². The van der Waals surface area contributed by atoms with E-state index < -0.39 is 0 Å². The highest BCUT2D eigenvalue weighted by Crippen LogP contribution is 2.35. The van der Waals surface area contributed by atoms with E-state index in [-0.39, 0.29) is 5.91 Å². The fourth-order valence-corrected chi connectivity index (χ4v) is 5.40. The molecule has 6 rings (SSSR count). The van der Waals surface area contributed by atoms with E-state index in [9.17, 15) is 4.79 Å². The summed E-state index contributed by atoms with van der Waals surface area (Å²) in [7, 11) is 4.13. The van der Waals surface area contributed by atoms with E-state index in [1.165, 1.54) is 5.56 Å². The maximum atomic E-state index is 12.9. The van der Waals surface area contributed by atoms with Gasteiger partial charge in [-0.2, -0.15) is 0 Å². The Labute approximate surface area is 210 Å². The number of aromatic nitrogens is 3.